The minimum Gasteiger partial charge on any atom is -0.463 e. The number of benzene rings is 1. The number of nitrogens with zero attached hydrogens (tertiary/aromatic N) is 1. The number of ether oxygens (including phenoxy) is 1. The summed E-state index contributed by atoms with van der Waals surface area (Å²) in [4.78, 5) is 13.8. The molecule has 1 saturated heterocycles. The first kappa shape index (κ1) is 15.7. The first-order valence-corrected chi connectivity index (χ1v) is 7.84. The molecule has 0 bridgehead atoms. The van der Waals surface area contributed by atoms with Gasteiger partial charge in [-0.2, -0.15) is 0 Å². The molecule has 2 aromatic rings. The highest BCUT2D eigenvalue weighted by atomic mass is 19.1. The van der Waals surface area contributed by atoms with Crippen molar-refractivity contribution in [2.24, 2.45) is 0 Å². The molecule has 0 N–H and O–H groups in total. The van der Waals surface area contributed by atoms with Crippen LogP contribution in [0.1, 0.15) is 47.2 Å². The molecule has 23 heavy (non-hydrogen) atoms. The second-order valence-electron chi connectivity index (χ2n) is 5.79. The van der Waals surface area contributed by atoms with Crippen molar-refractivity contribution in [1.82, 2.24) is 4.90 Å². The van der Waals surface area contributed by atoms with Gasteiger partial charge < -0.3 is 9.15 Å². The summed E-state index contributed by atoms with van der Waals surface area (Å²) in [6.07, 6.45) is 3.32. The normalized spacial score (nSPS) is 18.8. The maximum absolute atomic E-state index is 13.1. The molecule has 5 heteroatoms. The Balaban J connectivity index is 1.75. The monoisotopic (exact) mass is 317 g/mol. The van der Waals surface area contributed by atoms with Gasteiger partial charge in [0.1, 0.15) is 11.6 Å². The van der Waals surface area contributed by atoms with Crippen molar-refractivity contribution < 1.29 is 18.3 Å². The summed E-state index contributed by atoms with van der Waals surface area (Å²) in [7, 11) is 1.33. The van der Waals surface area contributed by atoms with Crippen molar-refractivity contribution in [2.45, 2.75) is 31.8 Å². The van der Waals surface area contributed by atoms with Crippen LogP contribution in [-0.4, -0.2) is 24.5 Å². The Hall–Kier alpha value is -2.14. The van der Waals surface area contributed by atoms with E-state index in [0.717, 1.165) is 37.1 Å². The van der Waals surface area contributed by atoms with E-state index in [4.69, 9.17) is 4.42 Å². The van der Waals surface area contributed by atoms with Gasteiger partial charge in [-0.3, -0.25) is 4.90 Å². The summed E-state index contributed by atoms with van der Waals surface area (Å²) in [6.45, 7) is 1.58. The van der Waals surface area contributed by atoms with E-state index in [0.29, 0.717) is 6.54 Å². The molecule has 0 amide bonds. The third-order valence-corrected chi connectivity index (χ3v) is 4.28. The Morgan fingerprint density at radius 3 is 2.78 bits per heavy atom. The molecule has 1 aliphatic heterocycles. The highest BCUT2D eigenvalue weighted by Gasteiger charge is 2.25. The van der Waals surface area contributed by atoms with Crippen molar-refractivity contribution >= 4 is 5.97 Å². The first-order valence-electron chi connectivity index (χ1n) is 7.84. The molecule has 1 aromatic heterocycles. The third-order valence-electron chi connectivity index (χ3n) is 4.28. The van der Waals surface area contributed by atoms with Gasteiger partial charge in [-0.05, 0) is 49.2 Å². The van der Waals surface area contributed by atoms with Crippen molar-refractivity contribution in [3.8, 4) is 0 Å². The molecular formula is C18H20FNO3. The average molecular weight is 317 g/mol. The van der Waals surface area contributed by atoms with Crippen LogP contribution in [0.5, 0.6) is 0 Å². The molecule has 0 aliphatic carbocycles. The zero-order chi connectivity index (χ0) is 16.2. The molecule has 0 spiro atoms. The van der Waals surface area contributed by atoms with Crippen LogP contribution in [0.2, 0.25) is 0 Å². The molecule has 0 radical (unpaired) electrons. The highest BCUT2D eigenvalue weighted by Crippen LogP contribution is 2.32. The van der Waals surface area contributed by atoms with Gasteiger partial charge in [0.2, 0.25) is 5.76 Å². The lowest BCUT2D eigenvalue weighted by Crippen LogP contribution is -2.32. The average Bonchev–Trinajstić information content (AvgIpc) is 3.04. The minimum atomic E-state index is -0.468. The number of rotatable bonds is 4. The maximum atomic E-state index is 13.1. The van der Waals surface area contributed by atoms with E-state index in [1.165, 1.54) is 19.2 Å². The number of piperidine rings is 1. The fourth-order valence-corrected chi connectivity index (χ4v) is 3.12. The maximum Gasteiger partial charge on any atom is 0.373 e. The van der Waals surface area contributed by atoms with Gasteiger partial charge in [0, 0.05) is 6.04 Å². The Kier molecular flexibility index (Phi) is 4.76. The van der Waals surface area contributed by atoms with Crippen molar-refractivity contribution in [2.75, 3.05) is 13.7 Å². The second kappa shape index (κ2) is 6.96. The second-order valence-corrected chi connectivity index (χ2v) is 5.79. The fraction of sp³-hybridized carbons (Fsp3) is 0.389. The quantitative estimate of drug-likeness (QED) is 0.801. The topological polar surface area (TPSA) is 42.7 Å². The smallest absolute Gasteiger partial charge is 0.373 e. The van der Waals surface area contributed by atoms with Crippen LogP contribution >= 0.6 is 0 Å². The predicted octanol–water partition coefficient (Wildman–Crippen LogP) is 3.93. The molecule has 1 aromatic carbocycles. The lowest BCUT2D eigenvalue weighted by atomic mass is 9.95. The summed E-state index contributed by atoms with van der Waals surface area (Å²) < 4.78 is 23.4. The molecule has 1 aliphatic rings. The van der Waals surface area contributed by atoms with Crippen LogP contribution in [0.4, 0.5) is 4.39 Å². The van der Waals surface area contributed by atoms with Crippen LogP contribution in [0.25, 0.3) is 0 Å². The standard InChI is InChI=1S/C18H20FNO3/c1-22-18(21)17-10-9-15(23-17)12-20-11-3-2-4-16(20)13-5-7-14(19)8-6-13/h5-10,16H,2-4,11-12H2,1H3/t16-/m0/s1. The summed E-state index contributed by atoms with van der Waals surface area (Å²) in [6, 6.07) is 10.4. The predicted molar refractivity (Wildman–Crippen MR) is 83.4 cm³/mol. The number of hydrogen-bond acceptors (Lipinski definition) is 4. The number of halogens is 1. The number of hydrogen-bond donors (Lipinski definition) is 0. The largest absolute Gasteiger partial charge is 0.463 e. The van der Waals surface area contributed by atoms with E-state index in [-0.39, 0.29) is 17.6 Å². The lowest BCUT2D eigenvalue weighted by Gasteiger charge is -2.35. The molecule has 4 nitrogen and oxygen atoms in total. The van der Waals surface area contributed by atoms with Gasteiger partial charge in [-0.25, -0.2) is 9.18 Å². The van der Waals surface area contributed by atoms with Gasteiger partial charge in [-0.15, -0.1) is 0 Å². The van der Waals surface area contributed by atoms with E-state index in [2.05, 4.69) is 9.64 Å². The van der Waals surface area contributed by atoms with Crippen molar-refractivity contribution in [3.05, 3.63) is 59.3 Å². The Morgan fingerprint density at radius 1 is 1.26 bits per heavy atom. The Bertz CT molecular complexity index is 665. The molecule has 3 rings (SSSR count). The third kappa shape index (κ3) is 3.62. The van der Waals surface area contributed by atoms with E-state index in [1.807, 2.05) is 18.2 Å². The summed E-state index contributed by atoms with van der Waals surface area (Å²) in [5.41, 5.74) is 1.12. The molecule has 2 heterocycles. The van der Waals surface area contributed by atoms with Gasteiger partial charge in [0.25, 0.3) is 0 Å². The molecule has 122 valence electrons. The molecule has 1 fully saturated rings. The van der Waals surface area contributed by atoms with E-state index in [9.17, 15) is 9.18 Å². The van der Waals surface area contributed by atoms with Crippen molar-refractivity contribution in [1.29, 1.82) is 0 Å². The number of carbonyl (C=O) groups is 1. The van der Waals surface area contributed by atoms with E-state index < -0.39 is 5.97 Å². The molecule has 1 atom stereocenters. The first-order chi connectivity index (χ1) is 11.2. The highest BCUT2D eigenvalue weighted by molar-refractivity contribution is 5.86. The van der Waals surface area contributed by atoms with Gasteiger partial charge >= 0.3 is 5.97 Å². The van der Waals surface area contributed by atoms with Crippen molar-refractivity contribution in [3.63, 3.8) is 0 Å². The zero-order valence-corrected chi connectivity index (χ0v) is 13.1. The van der Waals surface area contributed by atoms with Gasteiger partial charge in [-0.1, -0.05) is 18.6 Å². The minimum absolute atomic E-state index is 0.218. The summed E-state index contributed by atoms with van der Waals surface area (Å²) >= 11 is 0. The Morgan fingerprint density at radius 2 is 2.04 bits per heavy atom. The van der Waals surface area contributed by atoms with E-state index >= 15 is 0 Å². The van der Waals surface area contributed by atoms with Crippen LogP contribution in [0.3, 0.4) is 0 Å². The van der Waals surface area contributed by atoms with Gasteiger partial charge in [0.05, 0.1) is 13.7 Å². The van der Waals surface area contributed by atoms with E-state index in [1.54, 1.807) is 6.07 Å². The number of likely N-dealkylation sites (tertiary alicyclic amines) is 1. The lowest BCUT2D eigenvalue weighted by molar-refractivity contribution is 0.0558. The van der Waals surface area contributed by atoms with Crippen LogP contribution in [0, 0.1) is 5.82 Å². The number of methoxy groups -OCH3 is 1. The number of carbonyl (C=O) groups excluding carboxylic acids is 1. The summed E-state index contributed by atoms with van der Waals surface area (Å²) in [5, 5.41) is 0. The Labute approximate surface area is 134 Å². The number of furan rings is 1. The molecular weight excluding hydrogens is 297 g/mol. The molecule has 0 saturated carbocycles. The van der Waals surface area contributed by atoms with Gasteiger partial charge in [0.15, 0.2) is 0 Å². The van der Waals surface area contributed by atoms with Crippen LogP contribution in [0.15, 0.2) is 40.8 Å². The SMILES string of the molecule is COC(=O)c1ccc(CN2CCCC[C@H]2c2ccc(F)cc2)o1. The fourth-order valence-electron chi connectivity index (χ4n) is 3.12. The zero-order valence-electron chi connectivity index (χ0n) is 13.1. The number of esters is 1. The van der Waals surface area contributed by atoms with Crippen LogP contribution in [-0.2, 0) is 11.3 Å². The van der Waals surface area contributed by atoms with Crippen LogP contribution < -0.4 is 0 Å². The molecule has 0 unspecified atom stereocenters. The summed E-state index contributed by atoms with van der Waals surface area (Å²) in [5.74, 6) is 0.270.